The van der Waals surface area contributed by atoms with E-state index in [4.69, 9.17) is 0 Å². The van der Waals surface area contributed by atoms with Crippen LogP contribution in [0.15, 0.2) is 42.5 Å². The summed E-state index contributed by atoms with van der Waals surface area (Å²) in [5.41, 5.74) is 4.23. The van der Waals surface area contributed by atoms with Crippen LogP contribution in [0, 0.1) is 13.8 Å². The first-order valence-corrected chi connectivity index (χ1v) is 6.47. The molecule has 3 rings (SSSR count). The van der Waals surface area contributed by atoms with Crippen LogP contribution in [0.1, 0.15) is 21.7 Å². The molecule has 0 bridgehead atoms. The predicted molar refractivity (Wildman–Crippen MR) is 80.0 cm³/mol. The van der Waals surface area contributed by atoms with Crippen molar-refractivity contribution in [2.45, 2.75) is 13.8 Å². The van der Waals surface area contributed by atoms with Crippen molar-refractivity contribution >= 4 is 22.6 Å². The lowest BCUT2D eigenvalue weighted by atomic mass is 10.1. The SMILES string of the molecule is Cc1nc2ccc(NC(=O)c3ccccc3C)cc2[nH]1. The second-order valence-corrected chi connectivity index (χ2v) is 4.82. The van der Waals surface area contributed by atoms with E-state index in [1.807, 2.05) is 56.3 Å². The third-order valence-corrected chi connectivity index (χ3v) is 3.25. The van der Waals surface area contributed by atoms with Crippen LogP contribution in [0.2, 0.25) is 0 Å². The summed E-state index contributed by atoms with van der Waals surface area (Å²) in [6.07, 6.45) is 0. The molecule has 0 aliphatic carbocycles. The number of H-pyrrole nitrogens is 1. The van der Waals surface area contributed by atoms with E-state index in [1.165, 1.54) is 0 Å². The summed E-state index contributed by atoms with van der Waals surface area (Å²) in [5.74, 6) is 0.765. The van der Waals surface area contributed by atoms with Crippen LogP contribution in [0.25, 0.3) is 11.0 Å². The number of amides is 1. The fourth-order valence-corrected chi connectivity index (χ4v) is 2.24. The molecule has 0 saturated heterocycles. The highest BCUT2D eigenvalue weighted by Crippen LogP contribution is 2.18. The number of aromatic nitrogens is 2. The summed E-state index contributed by atoms with van der Waals surface area (Å²) < 4.78 is 0. The summed E-state index contributed by atoms with van der Waals surface area (Å²) in [7, 11) is 0. The maximum Gasteiger partial charge on any atom is 0.255 e. The molecule has 3 aromatic rings. The Kier molecular flexibility index (Phi) is 2.99. The molecule has 0 radical (unpaired) electrons. The maximum atomic E-state index is 12.2. The lowest BCUT2D eigenvalue weighted by Crippen LogP contribution is -2.13. The van der Waals surface area contributed by atoms with E-state index in [0.29, 0.717) is 5.56 Å². The topological polar surface area (TPSA) is 57.8 Å². The average molecular weight is 265 g/mol. The van der Waals surface area contributed by atoms with Crippen LogP contribution in [0.3, 0.4) is 0 Å². The van der Waals surface area contributed by atoms with E-state index in [0.717, 1.165) is 28.1 Å². The standard InChI is InChI=1S/C16H15N3O/c1-10-5-3-4-6-13(10)16(20)19-12-7-8-14-15(9-12)18-11(2)17-14/h3-9H,1-2H3,(H,17,18)(H,19,20). The molecule has 0 saturated carbocycles. The van der Waals surface area contributed by atoms with Crippen LogP contribution >= 0.6 is 0 Å². The van der Waals surface area contributed by atoms with Gasteiger partial charge in [0.25, 0.3) is 5.91 Å². The summed E-state index contributed by atoms with van der Waals surface area (Å²) in [6, 6.07) is 13.2. The number of aromatic amines is 1. The van der Waals surface area contributed by atoms with Gasteiger partial charge < -0.3 is 10.3 Å². The van der Waals surface area contributed by atoms with E-state index in [2.05, 4.69) is 15.3 Å². The Hall–Kier alpha value is -2.62. The zero-order valence-electron chi connectivity index (χ0n) is 11.4. The summed E-state index contributed by atoms with van der Waals surface area (Å²) in [6.45, 7) is 3.84. The normalized spacial score (nSPS) is 10.7. The monoisotopic (exact) mass is 265 g/mol. The molecule has 0 spiro atoms. The van der Waals surface area contributed by atoms with Gasteiger partial charge in [0.15, 0.2) is 0 Å². The summed E-state index contributed by atoms with van der Waals surface area (Å²) >= 11 is 0. The van der Waals surface area contributed by atoms with E-state index in [9.17, 15) is 4.79 Å². The van der Waals surface area contributed by atoms with Crippen molar-refractivity contribution in [2.24, 2.45) is 0 Å². The van der Waals surface area contributed by atoms with E-state index in [1.54, 1.807) is 0 Å². The fourth-order valence-electron chi connectivity index (χ4n) is 2.24. The molecule has 4 heteroatoms. The Morgan fingerprint density at radius 3 is 2.75 bits per heavy atom. The van der Waals surface area contributed by atoms with Gasteiger partial charge in [0.1, 0.15) is 5.82 Å². The maximum absolute atomic E-state index is 12.2. The van der Waals surface area contributed by atoms with Crippen LogP contribution in [0.4, 0.5) is 5.69 Å². The molecular weight excluding hydrogens is 250 g/mol. The third-order valence-electron chi connectivity index (χ3n) is 3.25. The first-order chi connectivity index (χ1) is 9.63. The van der Waals surface area contributed by atoms with E-state index < -0.39 is 0 Å². The van der Waals surface area contributed by atoms with Gasteiger partial charge in [-0.3, -0.25) is 4.79 Å². The minimum absolute atomic E-state index is 0.0984. The number of imidazole rings is 1. The molecule has 20 heavy (non-hydrogen) atoms. The van der Waals surface area contributed by atoms with Gasteiger partial charge in [-0.25, -0.2) is 4.98 Å². The Bertz CT molecular complexity index is 789. The van der Waals surface area contributed by atoms with Gasteiger partial charge in [-0.1, -0.05) is 18.2 Å². The fraction of sp³-hybridized carbons (Fsp3) is 0.125. The van der Waals surface area contributed by atoms with Crippen molar-refractivity contribution in [3.8, 4) is 0 Å². The number of carbonyl (C=O) groups is 1. The molecular formula is C16H15N3O. The van der Waals surface area contributed by atoms with Gasteiger partial charge in [-0.05, 0) is 43.7 Å². The molecule has 0 unspecified atom stereocenters. The molecule has 4 nitrogen and oxygen atoms in total. The van der Waals surface area contributed by atoms with Gasteiger partial charge >= 0.3 is 0 Å². The van der Waals surface area contributed by atoms with Gasteiger partial charge in [0.2, 0.25) is 0 Å². The first-order valence-electron chi connectivity index (χ1n) is 6.47. The lowest BCUT2D eigenvalue weighted by molar-refractivity contribution is 0.102. The Labute approximate surface area is 116 Å². The zero-order chi connectivity index (χ0) is 14.1. The van der Waals surface area contributed by atoms with Crippen molar-refractivity contribution in [1.29, 1.82) is 0 Å². The van der Waals surface area contributed by atoms with Crippen molar-refractivity contribution in [3.63, 3.8) is 0 Å². The number of rotatable bonds is 2. The van der Waals surface area contributed by atoms with Crippen molar-refractivity contribution < 1.29 is 4.79 Å². The van der Waals surface area contributed by atoms with E-state index >= 15 is 0 Å². The highest BCUT2D eigenvalue weighted by molar-refractivity contribution is 6.05. The Morgan fingerprint density at radius 2 is 1.95 bits per heavy atom. The molecule has 1 amide bonds. The number of nitrogens with one attached hydrogen (secondary N) is 2. The summed E-state index contributed by atoms with van der Waals surface area (Å²) in [5, 5.41) is 2.91. The lowest BCUT2D eigenvalue weighted by Gasteiger charge is -2.07. The smallest absolute Gasteiger partial charge is 0.255 e. The number of carbonyl (C=O) groups excluding carboxylic acids is 1. The summed E-state index contributed by atoms with van der Waals surface area (Å²) in [4.78, 5) is 19.7. The molecule has 100 valence electrons. The average Bonchev–Trinajstić information content (AvgIpc) is 2.78. The Morgan fingerprint density at radius 1 is 1.15 bits per heavy atom. The van der Waals surface area contributed by atoms with Crippen molar-refractivity contribution in [3.05, 3.63) is 59.4 Å². The third kappa shape index (κ3) is 2.28. The molecule has 0 fully saturated rings. The highest BCUT2D eigenvalue weighted by Gasteiger charge is 2.09. The quantitative estimate of drug-likeness (QED) is 0.745. The zero-order valence-corrected chi connectivity index (χ0v) is 11.4. The highest BCUT2D eigenvalue weighted by atomic mass is 16.1. The first kappa shape index (κ1) is 12.4. The molecule has 2 aromatic carbocycles. The van der Waals surface area contributed by atoms with Gasteiger partial charge in [-0.2, -0.15) is 0 Å². The minimum Gasteiger partial charge on any atom is -0.342 e. The van der Waals surface area contributed by atoms with Gasteiger partial charge in [0.05, 0.1) is 11.0 Å². The number of hydrogen-bond acceptors (Lipinski definition) is 2. The van der Waals surface area contributed by atoms with Crippen molar-refractivity contribution in [2.75, 3.05) is 5.32 Å². The molecule has 1 heterocycles. The number of benzene rings is 2. The second kappa shape index (κ2) is 4.81. The number of fused-ring (bicyclic) bond motifs is 1. The van der Waals surface area contributed by atoms with Crippen LogP contribution in [0.5, 0.6) is 0 Å². The second-order valence-electron chi connectivity index (χ2n) is 4.82. The van der Waals surface area contributed by atoms with Crippen LogP contribution in [-0.2, 0) is 0 Å². The van der Waals surface area contributed by atoms with Gasteiger partial charge in [-0.15, -0.1) is 0 Å². The molecule has 2 N–H and O–H groups in total. The molecule has 1 aromatic heterocycles. The largest absolute Gasteiger partial charge is 0.342 e. The number of hydrogen-bond donors (Lipinski definition) is 2. The van der Waals surface area contributed by atoms with E-state index in [-0.39, 0.29) is 5.91 Å². The minimum atomic E-state index is -0.0984. The molecule has 0 atom stereocenters. The molecule has 0 aliphatic rings. The Balaban J connectivity index is 1.89. The van der Waals surface area contributed by atoms with Crippen molar-refractivity contribution in [1.82, 2.24) is 9.97 Å². The predicted octanol–water partition coefficient (Wildman–Crippen LogP) is 3.43. The molecule has 0 aliphatic heterocycles. The number of anilines is 1. The number of aryl methyl sites for hydroxylation is 2. The van der Waals surface area contributed by atoms with Gasteiger partial charge in [0, 0.05) is 11.3 Å². The number of nitrogens with zero attached hydrogens (tertiary/aromatic N) is 1. The van der Waals surface area contributed by atoms with Crippen LogP contribution < -0.4 is 5.32 Å². The van der Waals surface area contributed by atoms with Crippen LogP contribution in [-0.4, -0.2) is 15.9 Å².